The molecule has 19 heavy (non-hydrogen) atoms. The van der Waals surface area contributed by atoms with Gasteiger partial charge in [0.25, 0.3) is 0 Å². The number of esters is 1. The summed E-state index contributed by atoms with van der Waals surface area (Å²) in [5, 5.41) is 0. The molecule has 0 saturated heterocycles. The first-order valence-corrected chi connectivity index (χ1v) is 5.67. The molecule has 0 fully saturated rings. The van der Waals surface area contributed by atoms with Crippen LogP contribution in [0.4, 0.5) is 5.82 Å². The van der Waals surface area contributed by atoms with Crippen LogP contribution in [0.3, 0.4) is 0 Å². The highest BCUT2D eigenvalue weighted by atomic mass is 16.5. The second-order valence-electron chi connectivity index (χ2n) is 3.95. The van der Waals surface area contributed by atoms with Crippen molar-refractivity contribution in [2.45, 2.75) is 6.54 Å². The average molecular weight is 261 g/mol. The third-order valence-electron chi connectivity index (χ3n) is 2.77. The Morgan fingerprint density at radius 3 is 2.58 bits per heavy atom. The van der Waals surface area contributed by atoms with Crippen molar-refractivity contribution in [3.8, 4) is 5.75 Å². The molecular formula is C13H15N3O3. The number of carbonyl (C=O) groups is 1. The first-order valence-electron chi connectivity index (χ1n) is 5.67. The van der Waals surface area contributed by atoms with E-state index < -0.39 is 5.97 Å². The molecule has 6 nitrogen and oxygen atoms in total. The summed E-state index contributed by atoms with van der Waals surface area (Å²) in [5.41, 5.74) is 7.02. The van der Waals surface area contributed by atoms with Crippen LogP contribution in [0.5, 0.6) is 5.75 Å². The molecule has 0 aliphatic carbocycles. The number of nitrogens with zero attached hydrogens (tertiary/aromatic N) is 2. The molecule has 0 atom stereocenters. The lowest BCUT2D eigenvalue weighted by Gasteiger charge is -2.06. The van der Waals surface area contributed by atoms with Crippen LogP contribution in [-0.2, 0) is 11.3 Å². The van der Waals surface area contributed by atoms with Crippen LogP contribution in [0.2, 0.25) is 0 Å². The van der Waals surface area contributed by atoms with E-state index in [1.165, 1.54) is 13.4 Å². The van der Waals surface area contributed by atoms with Crippen molar-refractivity contribution in [1.29, 1.82) is 0 Å². The van der Waals surface area contributed by atoms with Gasteiger partial charge < -0.3 is 19.8 Å². The molecule has 1 aromatic heterocycles. The van der Waals surface area contributed by atoms with Crippen molar-refractivity contribution in [3.05, 3.63) is 41.9 Å². The monoisotopic (exact) mass is 261 g/mol. The molecule has 0 aliphatic rings. The number of aromatic nitrogens is 2. The Kier molecular flexibility index (Phi) is 3.70. The summed E-state index contributed by atoms with van der Waals surface area (Å²) in [6.45, 7) is 0.528. The summed E-state index contributed by atoms with van der Waals surface area (Å²) in [6, 6.07) is 7.58. The molecule has 0 saturated carbocycles. The maximum atomic E-state index is 11.4. The van der Waals surface area contributed by atoms with E-state index in [0.29, 0.717) is 12.4 Å². The fourth-order valence-electron chi connectivity index (χ4n) is 1.70. The maximum Gasteiger partial charge on any atom is 0.360 e. The Labute approximate surface area is 110 Å². The minimum atomic E-state index is -0.536. The minimum Gasteiger partial charge on any atom is -0.497 e. The lowest BCUT2D eigenvalue weighted by atomic mass is 10.2. The van der Waals surface area contributed by atoms with Crippen LogP contribution in [0, 0.1) is 0 Å². The zero-order valence-electron chi connectivity index (χ0n) is 10.8. The Bertz CT molecular complexity index is 575. The Morgan fingerprint density at radius 1 is 1.32 bits per heavy atom. The summed E-state index contributed by atoms with van der Waals surface area (Å²) < 4.78 is 11.4. The standard InChI is InChI=1S/C13H15N3O3/c1-18-10-5-3-9(4-6-10)7-16-8-15-11(12(16)14)13(17)19-2/h3-6,8H,7,14H2,1-2H3. The van der Waals surface area contributed by atoms with Crippen molar-refractivity contribution < 1.29 is 14.3 Å². The fourth-order valence-corrected chi connectivity index (χ4v) is 1.70. The summed E-state index contributed by atoms with van der Waals surface area (Å²) in [6.07, 6.45) is 1.52. The first kappa shape index (κ1) is 12.9. The van der Waals surface area contributed by atoms with Gasteiger partial charge in [-0.25, -0.2) is 9.78 Å². The van der Waals surface area contributed by atoms with Crippen molar-refractivity contribution in [2.24, 2.45) is 0 Å². The summed E-state index contributed by atoms with van der Waals surface area (Å²) >= 11 is 0. The number of anilines is 1. The smallest absolute Gasteiger partial charge is 0.360 e. The maximum absolute atomic E-state index is 11.4. The number of carbonyl (C=O) groups excluding carboxylic acids is 1. The highest BCUT2D eigenvalue weighted by Gasteiger charge is 2.15. The molecule has 0 spiro atoms. The van der Waals surface area contributed by atoms with E-state index in [0.717, 1.165) is 11.3 Å². The lowest BCUT2D eigenvalue weighted by molar-refractivity contribution is 0.0596. The van der Waals surface area contributed by atoms with E-state index in [9.17, 15) is 4.79 Å². The van der Waals surface area contributed by atoms with Gasteiger partial charge in [-0.3, -0.25) is 0 Å². The molecule has 0 bridgehead atoms. The normalized spacial score (nSPS) is 10.2. The van der Waals surface area contributed by atoms with Gasteiger partial charge >= 0.3 is 5.97 Å². The van der Waals surface area contributed by atoms with Crippen molar-refractivity contribution in [3.63, 3.8) is 0 Å². The highest BCUT2D eigenvalue weighted by Crippen LogP contribution is 2.16. The summed E-state index contributed by atoms with van der Waals surface area (Å²) in [7, 11) is 2.91. The number of imidazole rings is 1. The predicted octanol–water partition coefficient (Wildman–Crippen LogP) is 1.31. The van der Waals surface area contributed by atoms with Gasteiger partial charge in [0.1, 0.15) is 11.6 Å². The van der Waals surface area contributed by atoms with Gasteiger partial charge in [-0.05, 0) is 17.7 Å². The van der Waals surface area contributed by atoms with Gasteiger partial charge in [-0.15, -0.1) is 0 Å². The van der Waals surface area contributed by atoms with Gasteiger partial charge in [-0.2, -0.15) is 0 Å². The summed E-state index contributed by atoms with van der Waals surface area (Å²) in [5.74, 6) is 0.547. The minimum absolute atomic E-state index is 0.135. The number of benzene rings is 1. The Hall–Kier alpha value is -2.50. The van der Waals surface area contributed by atoms with Crippen LogP contribution in [0.1, 0.15) is 16.1 Å². The number of hydrogen-bond acceptors (Lipinski definition) is 5. The lowest BCUT2D eigenvalue weighted by Crippen LogP contribution is -2.08. The van der Waals surface area contributed by atoms with Gasteiger partial charge in [0, 0.05) is 0 Å². The Morgan fingerprint density at radius 2 is 2.00 bits per heavy atom. The van der Waals surface area contributed by atoms with E-state index in [1.54, 1.807) is 11.7 Å². The predicted molar refractivity (Wildman–Crippen MR) is 70.1 cm³/mol. The molecule has 100 valence electrons. The molecule has 2 N–H and O–H groups in total. The number of rotatable bonds is 4. The van der Waals surface area contributed by atoms with Crippen LogP contribution in [-0.4, -0.2) is 29.7 Å². The third-order valence-corrected chi connectivity index (χ3v) is 2.77. The van der Waals surface area contributed by atoms with Crippen LogP contribution in [0.15, 0.2) is 30.6 Å². The molecule has 6 heteroatoms. The summed E-state index contributed by atoms with van der Waals surface area (Å²) in [4.78, 5) is 15.3. The third kappa shape index (κ3) is 2.67. The van der Waals surface area contributed by atoms with Gasteiger partial charge in [-0.1, -0.05) is 12.1 Å². The molecule has 2 rings (SSSR count). The van der Waals surface area contributed by atoms with Crippen LogP contribution >= 0.6 is 0 Å². The van der Waals surface area contributed by atoms with Gasteiger partial charge in [0.2, 0.25) is 0 Å². The quantitative estimate of drug-likeness (QED) is 0.839. The van der Waals surface area contributed by atoms with E-state index in [-0.39, 0.29) is 5.69 Å². The molecule has 0 radical (unpaired) electrons. The molecular weight excluding hydrogens is 246 g/mol. The molecule has 2 aromatic rings. The van der Waals surface area contributed by atoms with Crippen molar-refractivity contribution in [2.75, 3.05) is 20.0 Å². The highest BCUT2D eigenvalue weighted by molar-refractivity contribution is 5.92. The zero-order chi connectivity index (χ0) is 13.8. The molecule has 1 heterocycles. The number of nitrogen functional groups attached to an aromatic ring is 1. The molecule has 0 amide bonds. The number of ether oxygens (including phenoxy) is 2. The Balaban J connectivity index is 2.19. The largest absolute Gasteiger partial charge is 0.497 e. The van der Waals surface area contributed by atoms with Crippen molar-refractivity contribution in [1.82, 2.24) is 9.55 Å². The van der Waals surface area contributed by atoms with E-state index >= 15 is 0 Å². The van der Waals surface area contributed by atoms with Crippen LogP contribution in [0.25, 0.3) is 0 Å². The fraction of sp³-hybridized carbons (Fsp3) is 0.231. The van der Waals surface area contributed by atoms with E-state index in [1.807, 2.05) is 24.3 Å². The number of methoxy groups -OCH3 is 2. The molecule has 0 unspecified atom stereocenters. The number of hydrogen-bond donors (Lipinski definition) is 1. The molecule has 0 aliphatic heterocycles. The SMILES string of the molecule is COC(=O)c1ncn(Cc2ccc(OC)cc2)c1N. The van der Waals surface area contributed by atoms with Gasteiger partial charge in [0.15, 0.2) is 5.69 Å². The molecule has 1 aromatic carbocycles. The van der Waals surface area contributed by atoms with E-state index in [2.05, 4.69) is 9.72 Å². The first-order chi connectivity index (χ1) is 9.15. The topological polar surface area (TPSA) is 79.4 Å². The number of nitrogens with two attached hydrogens (primary N) is 1. The second-order valence-corrected chi connectivity index (χ2v) is 3.95. The zero-order valence-corrected chi connectivity index (χ0v) is 10.8. The second kappa shape index (κ2) is 5.43. The average Bonchev–Trinajstić information content (AvgIpc) is 2.80. The van der Waals surface area contributed by atoms with Crippen molar-refractivity contribution >= 4 is 11.8 Å². The van der Waals surface area contributed by atoms with Crippen LogP contribution < -0.4 is 10.5 Å². The van der Waals surface area contributed by atoms with E-state index in [4.69, 9.17) is 10.5 Å². The van der Waals surface area contributed by atoms with Gasteiger partial charge in [0.05, 0.1) is 27.1 Å².